The van der Waals surface area contributed by atoms with Crippen molar-refractivity contribution >= 4 is 11.8 Å². The number of alkyl halides is 3. The Morgan fingerprint density at radius 3 is 1.50 bits per heavy atom. The quantitative estimate of drug-likeness (QED) is 0.560. The van der Waals surface area contributed by atoms with Gasteiger partial charge in [-0.25, -0.2) is 0 Å². The first kappa shape index (κ1) is 9.67. The Kier molecular flexibility index (Phi) is 3.07. The lowest BCUT2D eigenvalue weighted by Gasteiger charge is -2.00. The molecule has 7 heteroatoms. The average molecular weight is 182 g/mol. The van der Waals surface area contributed by atoms with E-state index < -0.39 is 28.5 Å². The van der Waals surface area contributed by atoms with Crippen LogP contribution >= 0.6 is 11.8 Å². The van der Waals surface area contributed by atoms with Crippen LogP contribution < -0.4 is 0 Å². The molecule has 0 aliphatic carbocycles. The van der Waals surface area contributed by atoms with E-state index in [4.69, 9.17) is 0 Å². The van der Waals surface area contributed by atoms with Crippen molar-refractivity contribution in [1.29, 1.82) is 0 Å². The Bertz CT molecular complexity index is 142. The smallest absolute Gasteiger partial charge is 0.193 e. The second-order valence-corrected chi connectivity index (χ2v) is 2.11. The van der Waals surface area contributed by atoms with Crippen LogP contribution in [0.3, 0.4) is 0 Å². The van der Waals surface area contributed by atoms with Gasteiger partial charge in [-0.1, -0.05) is 0 Å². The predicted octanol–water partition coefficient (Wildman–Crippen LogP) is 3.27. The molecule has 0 aromatic carbocycles. The lowest BCUT2D eigenvalue weighted by Crippen LogP contribution is -1.98. The first-order valence-electron chi connectivity index (χ1n) is 1.79. The highest BCUT2D eigenvalue weighted by molar-refractivity contribution is 8.03. The summed E-state index contributed by atoms with van der Waals surface area (Å²) in [6.07, 6.45) is -2.96. The average Bonchev–Trinajstić information content (AvgIpc) is 1.60. The van der Waals surface area contributed by atoms with Gasteiger partial charge in [0.25, 0.3) is 0 Å². The molecule has 0 fully saturated rings. The summed E-state index contributed by atoms with van der Waals surface area (Å²) in [7, 11) is 0. The standard InChI is InChI=1S/C3F6S/c4-1(5)2(6)10-3(7,8)9. The van der Waals surface area contributed by atoms with Crippen LogP contribution in [-0.2, 0) is 0 Å². The van der Waals surface area contributed by atoms with Crippen LogP contribution in [0.4, 0.5) is 26.3 Å². The second-order valence-electron chi connectivity index (χ2n) is 1.08. The summed E-state index contributed by atoms with van der Waals surface area (Å²) in [5.74, 6) is 0. The van der Waals surface area contributed by atoms with Crippen LogP contribution in [0.1, 0.15) is 0 Å². The number of halogens is 6. The third-order valence-corrected chi connectivity index (χ3v) is 0.919. The van der Waals surface area contributed by atoms with E-state index in [1.54, 1.807) is 0 Å². The van der Waals surface area contributed by atoms with Gasteiger partial charge in [0.15, 0.2) is 0 Å². The number of hydrogen-bond donors (Lipinski definition) is 0. The predicted molar refractivity (Wildman–Crippen MR) is 24.0 cm³/mol. The Labute approximate surface area is 55.9 Å². The van der Waals surface area contributed by atoms with Gasteiger partial charge < -0.3 is 0 Å². The van der Waals surface area contributed by atoms with Gasteiger partial charge in [-0.2, -0.15) is 26.3 Å². The molecule has 10 heavy (non-hydrogen) atoms. The third kappa shape index (κ3) is 4.54. The van der Waals surface area contributed by atoms with Crippen LogP contribution in [-0.4, -0.2) is 5.51 Å². The summed E-state index contributed by atoms with van der Waals surface area (Å²) in [4.78, 5) is 0. The maximum atomic E-state index is 11.4. The molecule has 0 saturated carbocycles. The molecule has 0 bridgehead atoms. The molecule has 0 nitrogen and oxygen atoms in total. The van der Waals surface area contributed by atoms with Crippen LogP contribution in [0.2, 0.25) is 0 Å². The molecular formula is C3F6S. The van der Waals surface area contributed by atoms with Gasteiger partial charge in [0.05, 0.1) is 0 Å². The summed E-state index contributed by atoms with van der Waals surface area (Å²) in [5, 5.41) is -2.51. The van der Waals surface area contributed by atoms with Crippen molar-refractivity contribution in [1.82, 2.24) is 0 Å². The summed E-state index contributed by atoms with van der Waals surface area (Å²) in [5.41, 5.74) is -4.99. The van der Waals surface area contributed by atoms with E-state index in [0.717, 1.165) is 0 Å². The van der Waals surface area contributed by atoms with Crippen molar-refractivity contribution in [2.75, 3.05) is 0 Å². The number of rotatable bonds is 1. The van der Waals surface area contributed by atoms with E-state index >= 15 is 0 Å². The van der Waals surface area contributed by atoms with Gasteiger partial charge in [-0.3, -0.25) is 0 Å². The highest BCUT2D eigenvalue weighted by Crippen LogP contribution is 2.38. The molecule has 0 rings (SSSR count). The van der Waals surface area contributed by atoms with Gasteiger partial charge >= 0.3 is 11.6 Å². The van der Waals surface area contributed by atoms with E-state index in [1.165, 1.54) is 0 Å². The molecule has 0 amide bonds. The fourth-order valence-corrected chi connectivity index (χ4v) is 0.421. The van der Waals surface area contributed by atoms with E-state index in [9.17, 15) is 26.3 Å². The highest BCUT2D eigenvalue weighted by atomic mass is 32.2. The van der Waals surface area contributed by atoms with Crippen molar-refractivity contribution < 1.29 is 26.3 Å². The third-order valence-electron chi connectivity index (χ3n) is 0.354. The molecule has 0 aromatic heterocycles. The monoisotopic (exact) mass is 182 g/mol. The van der Waals surface area contributed by atoms with Crippen molar-refractivity contribution in [2.24, 2.45) is 0 Å². The summed E-state index contributed by atoms with van der Waals surface area (Å²) in [6.45, 7) is 0. The van der Waals surface area contributed by atoms with E-state index in [-0.39, 0.29) is 0 Å². The van der Waals surface area contributed by atoms with E-state index in [2.05, 4.69) is 0 Å². The van der Waals surface area contributed by atoms with Crippen LogP contribution in [0.15, 0.2) is 11.2 Å². The maximum absolute atomic E-state index is 11.4. The minimum absolute atomic E-state index is 1.47. The van der Waals surface area contributed by atoms with Gasteiger partial charge in [0.2, 0.25) is 5.16 Å². The largest absolute Gasteiger partial charge is 0.448 e. The minimum atomic E-state index is -4.99. The molecule has 60 valence electrons. The summed E-state index contributed by atoms with van der Waals surface area (Å²) in [6, 6.07) is 0. The van der Waals surface area contributed by atoms with Crippen molar-refractivity contribution in [3.05, 3.63) is 11.2 Å². The zero-order valence-electron chi connectivity index (χ0n) is 4.18. The fraction of sp³-hybridized carbons (Fsp3) is 0.333. The van der Waals surface area contributed by atoms with Crippen molar-refractivity contribution in [3.8, 4) is 0 Å². The molecule has 0 atom stereocenters. The van der Waals surface area contributed by atoms with Gasteiger partial charge in [0, 0.05) is 11.8 Å². The first-order valence-corrected chi connectivity index (χ1v) is 2.61. The first-order chi connectivity index (χ1) is 4.33. The topological polar surface area (TPSA) is 0 Å². The number of hydrogen-bond acceptors (Lipinski definition) is 1. The zero-order chi connectivity index (χ0) is 8.36. The molecular weight excluding hydrogens is 182 g/mol. The lowest BCUT2D eigenvalue weighted by atomic mass is 11.1. The van der Waals surface area contributed by atoms with Crippen molar-refractivity contribution in [2.45, 2.75) is 5.51 Å². The molecule has 0 spiro atoms. The zero-order valence-corrected chi connectivity index (χ0v) is 4.99. The van der Waals surface area contributed by atoms with Crippen molar-refractivity contribution in [3.63, 3.8) is 0 Å². The van der Waals surface area contributed by atoms with Crippen LogP contribution in [0.25, 0.3) is 0 Å². The Morgan fingerprint density at radius 2 is 1.40 bits per heavy atom. The van der Waals surface area contributed by atoms with E-state index in [0.29, 0.717) is 0 Å². The van der Waals surface area contributed by atoms with Crippen LogP contribution in [0, 0.1) is 0 Å². The van der Waals surface area contributed by atoms with E-state index in [1.807, 2.05) is 0 Å². The molecule has 0 unspecified atom stereocenters. The number of thioether (sulfide) groups is 1. The van der Waals surface area contributed by atoms with Gasteiger partial charge in [0.1, 0.15) is 0 Å². The molecule has 0 radical (unpaired) electrons. The molecule has 0 heterocycles. The second kappa shape index (κ2) is 3.18. The summed E-state index contributed by atoms with van der Waals surface area (Å²) < 4.78 is 66.3. The molecule has 0 aromatic rings. The highest BCUT2D eigenvalue weighted by Gasteiger charge is 2.32. The Balaban J connectivity index is 4.06. The molecule has 0 saturated heterocycles. The lowest BCUT2D eigenvalue weighted by molar-refractivity contribution is -0.0326. The van der Waals surface area contributed by atoms with Gasteiger partial charge in [-0.15, -0.1) is 0 Å². The Morgan fingerprint density at radius 1 is 1.00 bits per heavy atom. The molecule has 0 N–H and O–H groups in total. The summed E-state index contributed by atoms with van der Waals surface area (Å²) >= 11 is -1.47. The normalized spacial score (nSPS) is 11.4. The van der Waals surface area contributed by atoms with Gasteiger partial charge in [-0.05, 0) is 0 Å². The SMILES string of the molecule is FC(F)=C(F)SC(F)(F)F. The fourth-order valence-electron chi connectivity index (χ4n) is 0.140. The Hall–Kier alpha value is -0.330. The molecule has 0 aliphatic heterocycles. The van der Waals surface area contributed by atoms with Crippen LogP contribution in [0.5, 0.6) is 0 Å². The molecule has 0 aliphatic rings. The minimum Gasteiger partial charge on any atom is -0.193 e. The maximum Gasteiger partial charge on any atom is 0.448 e.